The smallest absolute Gasteiger partial charge is 0.275 e. The average Bonchev–Trinajstić information content (AvgIpc) is 3.21. The molecule has 0 saturated carbocycles. The number of carbonyl (C=O) groups is 2. The van der Waals surface area contributed by atoms with E-state index in [1.165, 1.54) is 44.2 Å². The van der Waals surface area contributed by atoms with Crippen molar-refractivity contribution in [2.24, 2.45) is 0 Å². The molecule has 0 aliphatic carbocycles. The summed E-state index contributed by atoms with van der Waals surface area (Å²) in [4.78, 5) is 48.7. The Balaban J connectivity index is 0.000000210. The third kappa shape index (κ3) is 14.0. The number of carbonyl (C=O) groups excluding carboxylic acids is 2. The minimum atomic E-state index is -0.286. The molecule has 2 amide bonds. The fraction of sp³-hybridized carbons (Fsp3) is 0.415. The normalized spacial score (nSPS) is 12.8. The van der Waals surface area contributed by atoms with E-state index in [9.17, 15) is 19.2 Å². The maximum atomic E-state index is 12.4. The molecule has 11 nitrogen and oxygen atoms in total. The van der Waals surface area contributed by atoms with Crippen LogP contribution < -0.4 is 36.0 Å². The molecule has 6 rings (SSSR count). The van der Waals surface area contributed by atoms with Gasteiger partial charge in [0, 0.05) is 60.2 Å². The highest BCUT2D eigenvalue weighted by atomic mass is 79.9. The number of hydrogen-bond acceptors (Lipinski definition) is 7. The Hall–Kier alpha value is -3.88. The van der Waals surface area contributed by atoms with Crippen molar-refractivity contribution in [1.82, 2.24) is 19.9 Å². The number of ether oxygens (including phenoxy) is 2. The van der Waals surface area contributed by atoms with Crippen LogP contribution in [0.3, 0.4) is 0 Å². The highest BCUT2D eigenvalue weighted by Gasteiger charge is 2.27. The summed E-state index contributed by atoms with van der Waals surface area (Å²) < 4.78 is 14.9. The van der Waals surface area contributed by atoms with Gasteiger partial charge in [-0.2, -0.15) is 0 Å². The van der Waals surface area contributed by atoms with Crippen molar-refractivity contribution < 1.29 is 19.1 Å². The molecule has 0 unspecified atom stereocenters. The van der Waals surface area contributed by atoms with Crippen LogP contribution in [0.15, 0.2) is 94.8 Å². The number of pyridine rings is 2. The zero-order chi connectivity index (χ0) is 39.3. The highest BCUT2D eigenvalue weighted by molar-refractivity contribution is 9.09. The molecule has 2 aliphatic heterocycles. The lowest BCUT2D eigenvalue weighted by molar-refractivity contribution is 0.0909. The summed E-state index contributed by atoms with van der Waals surface area (Å²) in [6.45, 7) is 2.94. The largest absolute Gasteiger partial charge is 0.483 e. The van der Waals surface area contributed by atoms with Gasteiger partial charge in [-0.15, -0.1) is 0 Å². The van der Waals surface area contributed by atoms with E-state index in [4.69, 9.17) is 9.47 Å². The number of nitrogens with one attached hydrogen (secondary N) is 2. The molecule has 0 bridgehead atoms. The average molecular weight is 949 g/mol. The van der Waals surface area contributed by atoms with Gasteiger partial charge in [-0.25, -0.2) is 0 Å². The Morgan fingerprint density at radius 3 is 1.60 bits per heavy atom. The summed E-state index contributed by atoms with van der Waals surface area (Å²) in [7, 11) is 0. The Labute approximate surface area is 348 Å². The minimum Gasteiger partial charge on any atom is -0.483 e. The van der Waals surface area contributed by atoms with Gasteiger partial charge >= 0.3 is 0 Å². The molecule has 4 heterocycles. The van der Waals surface area contributed by atoms with Gasteiger partial charge in [-0.3, -0.25) is 28.9 Å². The predicted molar refractivity (Wildman–Crippen MR) is 229 cm³/mol. The monoisotopic (exact) mass is 945 g/mol. The SMILES string of the molecule is BrCCCCCCBr.O=C1NCCn2ccc(=O)c(OCc3ccccc3)c21.O=C1NCN(CCCCCCBr)n2ccc(=O)c(OCc3ccccc3)c21. The van der Waals surface area contributed by atoms with Crippen LogP contribution in [0.5, 0.6) is 11.5 Å². The van der Waals surface area contributed by atoms with E-state index in [2.05, 4.69) is 58.4 Å². The second kappa shape index (κ2) is 24.6. The zero-order valence-corrected chi connectivity index (χ0v) is 35.8. The predicted octanol–water partition coefficient (Wildman–Crippen LogP) is 7.53. The molecule has 2 aromatic carbocycles. The van der Waals surface area contributed by atoms with E-state index in [0.29, 0.717) is 25.5 Å². The molecule has 4 aromatic rings. The second-order valence-electron chi connectivity index (χ2n) is 12.8. The van der Waals surface area contributed by atoms with Crippen molar-refractivity contribution >= 4 is 59.6 Å². The first-order valence-corrected chi connectivity index (χ1v) is 22.1. The second-order valence-corrected chi connectivity index (χ2v) is 15.2. The zero-order valence-electron chi connectivity index (χ0n) is 31.0. The first-order chi connectivity index (χ1) is 26.9. The Morgan fingerprint density at radius 1 is 0.564 bits per heavy atom. The topological polar surface area (TPSA) is 124 Å². The summed E-state index contributed by atoms with van der Waals surface area (Å²) in [5, 5.41) is 10.9. The molecular formula is C41H50Br3N5O6. The number of halogens is 3. The molecule has 0 spiro atoms. The van der Waals surface area contributed by atoms with Crippen LogP contribution in [-0.2, 0) is 19.8 Å². The van der Waals surface area contributed by atoms with Gasteiger partial charge in [0.25, 0.3) is 11.8 Å². The standard InChI is InChI=1S/C20H24BrN3O3.C15H14N2O3.C6H12Br2/c21-11-6-1-2-7-12-23-15-22-20(26)18-19(17(25)10-13-24(18)23)27-14-16-8-4-3-5-9-16;18-12-6-8-17-9-7-16-15(19)13(17)14(12)20-10-11-4-2-1-3-5-11;7-5-3-1-2-4-6-8/h3-5,8-10,13H,1-2,6-7,11-12,14-15H2,(H,22,26);1-6,8H,7,9-10H2,(H,16,19);1-6H2. The summed E-state index contributed by atoms with van der Waals surface area (Å²) in [5.74, 6) is -0.334. The minimum absolute atomic E-state index is 0.0999. The van der Waals surface area contributed by atoms with Crippen molar-refractivity contribution in [3.63, 3.8) is 0 Å². The molecule has 2 aromatic heterocycles. The van der Waals surface area contributed by atoms with Crippen molar-refractivity contribution in [3.8, 4) is 11.5 Å². The number of nitrogens with zero attached hydrogens (tertiary/aromatic N) is 3. The quantitative estimate of drug-likeness (QED) is 0.0830. The van der Waals surface area contributed by atoms with Gasteiger partial charge in [0.15, 0.2) is 22.9 Å². The number of aromatic nitrogens is 2. The maximum Gasteiger partial charge on any atom is 0.275 e. The van der Waals surface area contributed by atoms with Crippen LogP contribution in [-0.4, -0.2) is 56.8 Å². The summed E-state index contributed by atoms with van der Waals surface area (Å²) in [5.41, 5.74) is 1.91. The molecule has 0 saturated heterocycles. The third-order valence-corrected chi connectivity index (χ3v) is 10.4. The molecule has 0 fully saturated rings. The Morgan fingerprint density at radius 2 is 1.05 bits per heavy atom. The van der Waals surface area contributed by atoms with Crippen LogP contribution in [0.25, 0.3) is 0 Å². The highest BCUT2D eigenvalue weighted by Crippen LogP contribution is 2.19. The molecule has 55 heavy (non-hydrogen) atoms. The van der Waals surface area contributed by atoms with E-state index in [1.807, 2.05) is 65.7 Å². The molecule has 0 radical (unpaired) electrons. The number of rotatable bonds is 17. The maximum absolute atomic E-state index is 12.4. The lowest BCUT2D eigenvalue weighted by Crippen LogP contribution is -2.52. The molecule has 2 N–H and O–H groups in total. The number of hydrogen-bond donors (Lipinski definition) is 2. The van der Waals surface area contributed by atoms with Gasteiger partial charge < -0.3 is 24.7 Å². The molecular weight excluding hydrogens is 898 g/mol. The van der Waals surface area contributed by atoms with E-state index in [-0.39, 0.29) is 53.1 Å². The van der Waals surface area contributed by atoms with Gasteiger partial charge in [-0.05, 0) is 36.8 Å². The third-order valence-electron chi connectivity index (χ3n) is 8.73. The summed E-state index contributed by atoms with van der Waals surface area (Å²) in [6, 6.07) is 22.0. The van der Waals surface area contributed by atoms with E-state index in [1.54, 1.807) is 21.6 Å². The number of fused-ring (bicyclic) bond motifs is 2. The lowest BCUT2D eigenvalue weighted by atomic mass is 10.2. The molecule has 0 atom stereocenters. The van der Waals surface area contributed by atoms with E-state index in [0.717, 1.165) is 52.9 Å². The summed E-state index contributed by atoms with van der Waals surface area (Å²) in [6.07, 6.45) is 13.2. The van der Waals surface area contributed by atoms with Crippen molar-refractivity contribution in [3.05, 3.63) is 128 Å². The van der Waals surface area contributed by atoms with E-state index < -0.39 is 0 Å². The van der Waals surface area contributed by atoms with Crippen LogP contribution >= 0.6 is 47.8 Å². The van der Waals surface area contributed by atoms with Gasteiger partial charge in [0.05, 0.1) is 0 Å². The molecule has 14 heteroatoms. The Kier molecular flexibility index (Phi) is 19.6. The van der Waals surface area contributed by atoms with Crippen molar-refractivity contribution in [2.45, 2.75) is 71.1 Å². The van der Waals surface area contributed by atoms with Crippen LogP contribution in [0, 0.1) is 0 Å². The number of alkyl halides is 3. The first-order valence-electron chi connectivity index (χ1n) is 18.7. The lowest BCUT2D eigenvalue weighted by Gasteiger charge is -2.34. The van der Waals surface area contributed by atoms with Crippen LogP contribution in [0.4, 0.5) is 0 Å². The fourth-order valence-electron chi connectivity index (χ4n) is 5.83. The van der Waals surface area contributed by atoms with Crippen LogP contribution in [0.1, 0.15) is 83.5 Å². The number of amides is 2. The van der Waals surface area contributed by atoms with Gasteiger partial charge in [0.1, 0.15) is 19.9 Å². The number of unbranched alkanes of at least 4 members (excludes halogenated alkanes) is 6. The first kappa shape index (κ1) is 43.8. The fourth-order valence-corrected chi connectivity index (χ4v) is 7.02. The number of benzene rings is 2. The van der Waals surface area contributed by atoms with Crippen molar-refractivity contribution in [1.29, 1.82) is 0 Å². The van der Waals surface area contributed by atoms with Gasteiger partial charge in [-0.1, -0.05) is 134 Å². The van der Waals surface area contributed by atoms with Crippen LogP contribution in [0.2, 0.25) is 0 Å². The van der Waals surface area contributed by atoms with Crippen molar-refractivity contribution in [2.75, 3.05) is 40.8 Å². The molecule has 296 valence electrons. The summed E-state index contributed by atoms with van der Waals surface area (Å²) >= 11 is 10.2. The van der Waals surface area contributed by atoms with E-state index >= 15 is 0 Å². The molecule has 2 aliphatic rings. The van der Waals surface area contributed by atoms with Gasteiger partial charge in [0.2, 0.25) is 10.9 Å². The Bertz CT molecular complexity index is 1890.